The molecular formula is C10H8F3N5O3S. The van der Waals surface area contributed by atoms with Crippen LogP contribution in [0.3, 0.4) is 0 Å². The third kappa shape index (κ3) is 3.40. The first-order chi connectivity index (χ1) is 10.1. The number of amides is 1. The van der Waals surface area contributed by atoms with Crippen molar-refractivity contribution in [2.45, 2.75) is 11.2 Å². The van der Waals surface area contributed by atoms with Crippen molar-refractivity contribution in [2.24, 2.45) is 5.14 Å². The molecule has 0 aliphatic heterocycles. The Bertz CT molecular complexity index is 815. The van der Waals surface area contributed by atoms with Crippen LogP contribution in [0.15, 0.2) is 29.6 Å². The van der Waals surface area contributed by atoms with E-state index in [4.69, 9.17) is 5.14 Å². The Morgan fingerprint density at radius 1 is 1.36 bits per heavy atom. The first-order valence-corrected chi connectivity index (χ1v) is 7.04. The van der Waals surface area contributed by atoms with E-state index in [9.17, 15) is 26.4 Å². The largest absolute Gasteiger partial charge is 0.420 e. The van der Waals surface area contributed by atoms with Gasteiger partial charge >= 0.3 is 6.18 Å². The molecule has 1 amide bonds. The molecule has 0 saturated carbocycles. The molecule has 4 N–H and O–H groups in total. The van der Waals surface area contributed by atoms with Gasteiger partial charge in [0.1, 0.15) is 11.3 Å². The van der Waals surface area contributed by atoms with Crippen molar-refractivity contribution < 1.29 is 26.4 Å². The van der Waals surface area contributed by atoms with Crippen LogP contribution >= 0.6 is 0 Å². The van der Waals surface area contributed by atoms with Crippen molar-refractivity contribution in [3.8, 4) is 0 Å². The number of nitrogens with one attached hydrogen (secondary N) is 2. The Morgan fingerprint density at radius 2 is 2.05 bits per heavy atom. The zero-order valence-corrected chi connectivity index (χ0v) is 11.4. The molecule has 0 aliphatic rings. The molecule has 118 valence electrons. The summed E-state index contributed by atoms with van der Waals surface area (Å²) in [5.74, 6) is -1.14. The van der Waals surface area contributed by atoms with Crippen LogP contribution in [0, 0.1) is 0 Å². The number of H-pyrrole nitrogens is 1. The SMILES string of the molecule is NS(=O)(=O)c1cc(NC(=O)c2[nH]ncc2C(F)(F)F)ccn1. The van der Waals surface area contributed by atoms with Gasteiger partial charge in [0, 0.05) is 18.0 Å². The zero-order chi connectivity index (χ0) is 16.5. The van der Waals surface area contributed by atoms with Gasteiger partial charge < -0.3 is 5.32 Å². The Balaban J connectivity index is 2.29. The van der Waals surface area contributed by atoms with Gasteiger partial charge in [0.25, 0.3) is 15.9 Å². The summed E-state index contributed by atoms with van der Waals surface area (Å²) in [4.78, 5) is 15.3. The van der Waals surface area contributed by atoms with E-state index < -0.39 is 38.4 Å². The molecule has 0 atom stereocenters. The maximum absolute atomic E-state index is 12.7. The van der Waals surface area contributed by atoms with Crippen molar-refractivity contribution >= 4 is 21.6 Å². The lowest BCUT2D eigenvalue weighted by atomic mass is 10.2. The first kappa shape index (κ1) is 15.9. The summed E-state index contributed by atoms with van der Waals surface area (Å²) in [6, 6.07) is 2.10. The number of hydrogen-bond donors (Lipinski definition) is 3. The smallest absolute Gasteiger partial charge is 0.321 e. The summed E-state index contributed by atoms with van der Waals surface area (Å²) in [6.45, 7) is 0. The molecular weight excluding hydrogens is 327 g/mol. The number of rotatable bonds is 3. The van der Waals surface area contributed by atoms with Crippen LogP contribution in [0.2, 0.25) is 0 Å². The summed E-state index contributed by atoms with van der Waals surface area (Å²) in [6.07, 6.45) is -3.26. The highest BCUT2D eigenvalue weighted by Gasteiger charge is 2.37. The van der Waals surface area contributed by atoms with Crippen LogP contribution < -0.4 is 10.5 Å². The molecule has 0 radical (unpaired) electrons. The van der Waals surface area contributed by atoms with Crippen molar-refractivity contribution in [3.05, 3.63) is 35.8 Å². The minimum absolute atomic E-state index is 0.0910. The summed E-state index contributed by atoms with van der Waals surface area (Å²) in [5, 5.41) is 11.5. The van der Waals surface area contributed by atoms with Crippen LogP contribution in [-0.2, 0) is 16.2 Å². The van der Waals surface area contributed by atoms with Gasteiger partial charge in [-0.15, -0.1) is 0 Å². The third-order valence-corrected chi connectivity index (χ3v) is 3.26. The maximum atomic E-state index is 12.7. The van der Waals surface area contributed by atoms with Gasteiger partial charge in [-0.1, -0.05) is 0 Å². The van der Waals surface area contributed by atoms with Gasteiger partial charge in [0.2, 0.25) is 0 Å². The number of carbonyl (C=O) groups excluding carboxylic acids is 1. The number of aromatic nitrogens is 3. The number of hydrogen-bond acceptors (Lipinski definition) is 5. The van der Waals surface area contributed by atoms with E-state index >= 15 is 0 Å². The molecule has 2 rings (SSSR count). The molecule has 2 aromatic heterocycles. The molecule has 22 heavy (non-hydrogen) atoms. The van der Waals surface area contributed by atoms with Crippen molar-refractivity contribution in [2.75, 3.05) is 5.32 Å². The number of aromatic amines is 1. The number of nitrogens with zero attached hydrogens (tertiary/aromatic N) is 2. The second-order valence-electron chi connectivity index (χ2n) is 4.04. The number of carbonyl (C=O) groups is 1. The minimum Gasteiger partial charge on any atom is -0.321 e. The first-order valence-electron chi connectivity index (χ1n) is 5.50. The number of primary sulfonamides is 1. The molecule has 0 fully saturated rings. The third-order valence-electron chi connectivity index (χ3n) is 2.46. The standard InChI is InChI=1S/C10H8F3N5O3S/c11-10(12,13)6-4-16-18-8(6)9(19)17-5-1-2-15-7(3-5)22(14,20)21/h1-4H,(H,16,18)(H2,14,20,21)(H,15,17,19). The average Bonchev–Trinajstić information content (AvgIpc) is 2.87. The van der Waals surface area contributed by atoms with E-state index in [-0.39, 0.29) is 5.69 Å². The normalized spacial score (nSPS) is 12.2. The predicted octanol–water partition coefficient (Wildman–Crippen LogP) is 0.723. The summed E-state index contributed by atoms with van der Waals surface area (Å²) in [7, 11) is -4.11. The van der Waals surface area contributed by atoms with Gasteiger partial charge in [-0.05, 0) is 6.07 Å². The summed E-state index contributed by atoms with van der Waals surface area (Å²) >= 11 is 0. The maximum Gasteiger partial charge on any atom is 0.420 e. The predicted molar refractivity (Wildman–Crippen MR) is 67.2 cm³/mol. The lowest BCUT2D eigenvalue weighted by Gasteiger charge is -2.08. The van der Waals surface area contributed by atoms with Crippen molar-refractivity contribution in [1.82, 2.24) is 15.2 Å². The van der Waals surface area contributed by atoms with Gasteiger partial charge in [-0.3, -0.25) is 9.89 Å². The van der Waals surface area contributed by atoms with Crippen molar-refractivity contribution in [1.29, 1.82) is 0 Å². The Hall–Kier alpha value is -2.47. The topological polar surface area (TPSA) is 131 Å². The molecule has 2 aromatic rings. The molecule has 0 unspecified atom stereocenters. The molecule has 0 aromatic carbocycles. The van der Waals surface area contributed by atoms with E-state index in [2.05, 4.69) is 15.4 Å². The molecule has 8 nitrogen and oxygen atoms in total. The minimum atomic E-state index is -4.76. The number of alkyl halides is 3. The fraction of sp³-hybridized carbons (Fsp3) is 0.100. The molecule has 0 bridgehead atoms. The second kappa shape index (κ2) is 5.38. The molecule has 0 aliphatic carbocycles. The van der Waals surface area contributed by atoms with Gasteiger partial charge in [0.15, 0.2) is 5.03 Å². The number of anilines is 1. The zero-order valence-electron chi connectivity index (χ0n) is 10.5. The van der Waals surface area contributed by atoms with E-state index in [1.165, 1.54) is 6.07 Å². The lowest BCUT2D eigenvalue weighted by Crippen LogP contribution is -2.19. The second-order valence-corrected chi connectivity index (χ2v) is 5.55. The molecule has 0 spiro atoms. The summed E-state index contributed by atoms with van der Waals surface area (Å²) in [5.41, 5.74) is -2.14. The van der Waals surface area contributed by atoms with E-state index in [0.717, 1.165) is 12.3 Å². The number of nitrogens with two attached hydrogens (primary N) is 1. The monoisotopic (exact) mass is 335 g/mol. The van der Waals surface area contributed by atoms with E-state index in [1.807, 2.05) is 5.10 Å². The molecule has 2 heterocycles. The summed E-state index contributed by atoms with van der Waals surface area (Å²) < 4.78 is 60.2. The highest BCUT2D eigenvalue weighted by atomic mass is 32.2. The Labute approximate surface area is 121 Å². The Kier molecular flexibility index (Phi) is 3.89. The van der Waals surface area contributed by atoms with Gasteiger partial charge in [-0.25, -0.2) is 18.5 Å². The van der Waals surface area contributed by atoms with E-state index in [0.29, 0.717) is 6.20 Å². The van der Waals surface area contributed by atoms with Crippen LogP contribution in [0.5, 0.6) is 0 Å². The average molecular weight is 335 g/mol. The highest BCUT2D eigenvalue weighted by molar-refractivity contribution is 7.89. The van der Waals surface area contributed by atoms with E-state index in [1.54, 1.807) is 0 Å². The van der Waals surface area contributed by atoms with Gasteiger partial charge in [-0.2, -0.15) is 18.3 Å². The van der Waals surface area contributed by atoms with Crippen LogP contribution in [0.1, 0.15) is 16.1 Å². The van der Waals surface area contributed by atoms with Crippen LogP contribution in [-0.4, -0.2) is 29.5 Å². The number of halogens is 3. The van der Waals surface area contributed by atoms with Crippen LogP contribution in [0.4, 0.5) is 18.9 Å². The fourth-order valence-corrected chi connectivity index (χ4v) is 2.01. The van der Waals surface area contributed by atoms with Crippen LogP contribution in [0.25, 0.3) is 0 Å². The quantitative estimate of drug-likeness (QED) is 0.761. The Morgan fingerprint density at radius 3 is 2.64 bits per heavy atom. The number of sulfonamides is 1. The fourth-order valence-electron chi connectivity index (χ4n) is 1.51. The molecule has 0 saturated heterocycles. The number of pyridine rings is 1. The molecule has 12 heteroatoms. The lowest BCUT2D eigenvalue weighted by molar-refractivity contribution is -0.137. The van der Waals surface area contributed by atoms with Crippen molar-refractivity contribution in [3.63, 3.8) is 0 Å². The van der Waals surface area contributed by atoms with Gasteiger partial charge in [0.05, 0.1) is 6.20 Å². The highest BCUT2D eigenvalue weighted by Crippen LogP contribution is 2.31.